The number of hydrogen-bond acceptors (Lipinski definition) is 2. The predicted molar refractivity (Wildman–Crippen MR) is 125 cm³/mol. The quantitative estimate of drug-likeness (QED) is 0.191. The third kappa shape index (κ3) is 9.02. The Morgan fingerprint density at radius 3 is 2.03 bits per heavy atom. The number of alkyl halides is 9. The van der Waals surface area contributed by atoms with Crippen molar-refractivity contribution >= 4 is 52.4 Å². The van der Waals surface area contributed by atoms with Gasteiger partial charge in [0.1, 0.15) is 6.54 Å². The molecule has 0 fully saturated rings. The second-order valence-corrected chi connectivity index (χ2v) is 8.86. The van der Waals surface area contributed by atoms with Gasteiger partial charge in [0, 0.05) is 0 Å². The number of amides is 1. The number of halogens is 12. The summed E-state index contributed by atoms with van der Waals surface area (Å²) in [5.41, 5.74) is -3.43. The molecule has 16 heteroatoms. The van der Waals surface area contributed by atoms with E-state index in [4.69, 9.17) is 23.2 Å². The van der Waals surface area contributed by atoms with Gasteiger partial charge in [-0.3, -0.25) is 4.79 Å². The summed E-state index contributed by atoms with van der Waals surface area (Å²) < 4.78 is 132. The molecule has 0 aliphatic rings. The van der Waals surface area contributed by atoms with Crippen molar-refractivity contribution in [3.8, 4) is 0 Å². The lowest BCUT2D eigenvalue weighted by Crippen LogP contribution is -2.40. The van der Waals surface area contributed by atoms with Crippen LogP contribution in [0.25, 0.3) is 6.08 Å². The van der Waals surface area contributed by atoms with E-state index in [-0.39, 0.29) is 5.56 Å². The summed E-state index contributed by atoms with van der Waals surface area (Å²) in [6, 6.07) is 3.35. The third-order valence-electron chi connectivity index (χ3n) is 4.69. The fourth-order valence-electron chi connectivity index (χ4n) is 2.99. The summed E-state index contributed by atoms with van der Waals surface area (Å²) in [5.74, 6) is -4.92. The highest BCUT2D eigenvalue weighted by Crippen LogP contribution is 2.40. The largest absolute Gasteiger partial charge is 0.417 e. The number of carbonyl (C=O) groups is 1. The van der Waals surface area contributed by atoms with Gasteiger partial charge < -0.3 is 10.6 Å². The molecule has 1 unspecified atom stereocenters. The highest BCUT2D eigenvalue weighted by atomic mass is 35.5. The summed E-state index contributed by atoms with van der Waals surface area (Å²) in [4.78, 5) is 11.8. The molecule has 38 heavy (non-hydrogen) atoms. The Morgan fingerprint density at radius 2 is 1.53 bits per heavy atom. The molecule has 0 aliphatic heterocycles. The Balaban J connectivity index is 2.33. The monoisotopic (exact) mass is 614 g/mol. The van der Waals surface area contributed by atoms with E-state index in [1.165, 1.54) is 0 Å². The number of carbonyl (C=O) groups excluding carboxylic acids is 1. The Morgan fingerprint density at radius 1 is 0.947 bits per heavy atom. The van der Waals surface area contributed by atoms with Crippen LogP contribution in [0.2, 0.25) is 10.0 Å². The van der Waals surface area contributed by atoms with Gasteiger partial charge in [-0.2, -0.15) is 39.5 Å². The van der Waals surface area contributed by atoms with E-state index in [2.05, 4.69) is 12.2 Å². The molecule has 0 bridgehead atoms. The van der Waals surface area contributed by atoms with Gasteiger partial charge >= 0.3 is 18.5 Å². The second-order valence-electron chi connectivity index (χ2n) is 7.55. The molecule has 1 atom stereocenters. The minimum Gasteiger partial charge on any atom is -0.369 e. The summed E-state index contributed by atoms with van der Waals surface area (Å²) in [6.07, 6.45) is -13.5. The van der Waals surface area contributed by atoms with Gasteiger partial charge in [-0.25, -0.2) is 4.39 Å². The minimum atomic E-state index is -5.13. The molecule has 2 N–H and O–H groups in total. The van der Waals surface area contributed by atoms with E-state index in [1.807, 2.05) is 5.32 Å². The lowest BCUT2D eigenvalue weighted by atomic mass is 9.96. The van der Waals surface area contributed by atoms with Gasteiger partial charge in [-0.15, -0.1) is 0 Å². The lowest BCUT2D eigenvalue weighted by Gasteiger charge is -2.18. The minimum absolute atomic E-state index is 0.384. The SMILES string of the molecule is O=C(NCC(=S)NCC(F)(F)F)c1ccc(C=CC(c2cc(Cl)c(F)c(Cl)c2)C(F)(F)F)cc1C(F)(F)F. The standard InChI is InChI=1S/C22H14Cl2F10N2OS/c23-15-6-11(7-16(24)18(15)25)13(21(29,30)31)4-2-10-1-3-12(14(5-10)22(32,33)34)19(37)35-8-17(38)36-9-20(26,27)28/h1-7,13H,8-9H2,(H,35,37)(H,36,38). The molecule has 0 radical (unpaired) electrons. The summed E-state index contributed by atoms with van der Waals surface area (Å²) >= 11 is 15.7. The zero-order valence-corrected chi connectivity index (χ0v) is 20.7. The Bertz CT molecular complexity index is 1200. The van der Waals surface area contributed by atoms with Crippen molar-refractivity contribution in [2.45, 2.75) is 24.4 Å². The molecule has 2 aromatic carbocycles. The lowest BCUT2D eigenvalue weighted by molar-refractivity contribution is -0.139. The van der Waals surface area contributed by atoms with Crippen LogP contribution in [0.1, 0.15) is 33.0 Å². The molecular weight excluding hydrogens is 601 g/mol. The maximum absolute atomic E-state index is 13.6. The van der Waals surface area contributed by atoms with Crippen molar-refractivity contribution in [2.24, 2.45) is 0 Å². The van der Waals surface area contributed by atoms with E-state index in [0.29, 0.717) is 36.4 Å². The molecule has 2 rings (SSSR count). The first-order valence-corrected chi connectivity index (χ1v) is 11.2. The van der Waals surface area contributed by atoms with Gasteiger partial charge in [0.2, 0.25) is 0 Å². The fourth-order valence-corrected chi connectivity index (χ4v) is 3.63. The number of hydrogen-bond donors (Lipinski definition) is 2. The van der Waals surface area contributed by atoms with E-state index in [0.717, 1.165) is 6.07 Å². The van der Waals surface area contributed by atoms with E-state index in [9.17, 15) is 48.7 Å². The van der Waals surface area contributed by atoms with Crippen molar-refractivity contribution in [2.75, 3.05) is 13.1 Å². The Labute approximate surface area is 223 Å². The van der Waals surface area contributed by atoms with Gasteiger partial charge in [0.05, 0.1) is 38.6 Å². The molecule has 0 saturated heterocycles. The normalized spacial score (nSPS) is 13.5. The van der Waals surface area contributed by atoms with Crippen LogP contribution in [0.3, 0.4) is 0 Å². The molecule has 0 aliphatic carbocycles. The number of nitrogens with one attached hydrogen (secondary N) is 2. The van der Waals surface area contributed by atoms with Crippen molar-refractivity contribution in [3.63, 3.8) is 0 Å². The van der Waals surface area contributed by atoms with Crippen molar-refractivity contribution in [1.82, 2.24) is 10.6 Å². The van der Waals surface area contributed by atoms with Crippen molar-refractivity contribution in [3.05, 3.63) is 74.5 Å². The van der Waals surface area contributed by atoms with Gasteiger partial charge in [-0.1, -0.05) is 53.6 Å². The summed E-state index contributed by atoms with van der Waals surface area (Å²) in [7, 11) is 0. The maximum Gasteiger partial charge on any atom is 0.417 e. The number of allylic oxidation sites excluding steroid dienone is 1. The molecular formula is C22H14Cl2F10N2OS. The molecule has 2 aromatic rings. The zero-order valence-electron chi connectivity index (χ0n) is 18.4. The van der Waals surface area contributed by atoms with Gasteiger partial charge in [0.15, 0.2) is 5.82 Å². The fraction of sp³-hybridized carbons (Fsp3) is 0.273. The number of rotatable bonds is 7. The smallest absolute Gasteiger partial charge is 0.369 e. The Hall–Kier alpha value is -2.58. The molecule has 0 heterocycles. The van der Waals surface area contributed by atoms with Crippen LogP contribution in [-0.4, -0.2) is 36.3 Å². The molecule has 0 aromatic heterocycles. The first kappa shape index (κ1) is 31.6. The average Bonchev–Trinajstić information content (AvgIpc) is 2.77. The molecule has 208 valence electrons. The van der Waals surface area contributed by atoms with Crippen LogP contribution in [0.4, 0.5) is 43.9 Å². The van der Waals surface area contributed by atoms with Crippen LogP contribution in [-0.2, 0) is 6.18 Å². The average molecular weight is 615 g/mol. The topological polar surface area (TPSA) is 41.1 Å². The van der Waals surface area contributed by atoms with Crippen LogP contribution >= 0.6 is 35.4 Å². The van der Waals surface area contributed by atoms with Crippen LogP contribution in [0, 0.1) is 5.82 Å². The molecule has 1 amide bonds. The van der Waals surface area contributed by atoms with E-state index in [1.54, 1.807) is 5.32 Å². The third-order valence-corrected chi connectivity index (χ3v) is 5.53. The molecule has 3 nitrogen and oxygen atoms in total. The summed E-state index contributed by atoms with van der Waals surface area (Å²) in [5, 5.41) is 2.33. The van der Waals surface area contributed by atoms with Crippen molar-refractivity contribution in [1.29, 1.82) is 0 Å². The first-order valence-electron chi connectivity index (χ1n) is 10.0. The number of thiocarbonyl (C=S) groups is 1. The van der Waals surface area contributed by atoms with Gasteiger partial charge in [-0.05, 0) is 35.4 Å². The maximum atomic E-state index is 13.6. The first-order chi connectivity index (χ1) is 17.3. The van der Waals surface area contributed by atoms with Crippen LogP contribution < -0.4 is 10.6 Å². The van der Waals surface area contributed by atoms with Crippen LogP contribution in [0.5, 0.6) is 0 Å². The highest BCUT2D eigenvalue weighted by molar-refractivity contribution is 7.80. The second kappa shape index (κ2) is 12.1. The van der Waals surface area contributed by atoms with E-state index >= 15 is 0 Å². The predicted octanol–water partition coefficient (Wildman–Crippen LogP) is 7.72. The molecule has 0 saturated carbocycles. The van der Waals surface area contributed by atoms with Crippen LogP contribution in [0.15, 0.2) is 36.4 Å². The Kier molecular flexibility index (Phi) is 10.1. The molecule has 0 spiro atoms. The van der Waals surface area contributed by atoms with E-state index < -0.39 is 81.0 Å². The van der Waals surface area contributed by atoms with Gasteiger partial charge in [0.25, 0.3) is 5.91 Å². The van der Waals surface area contributed by atoms with Crippen molar-refractivity contribution < 1.29 is 48.7 Å². The summed E-state index contributed by atoms with van der Waals surface area (Å²) in [6.45, 7) is -2.23. The zero-order chi connectivity index (χ0) is 29.1. The highest BCUT2D eigenvalue weighted by Gasteiger charge is 2.40. The number of benzene rings is 2.